The van der Waals surface area contributed by atoms with E-state index >= 15 is 0 Å². The summed E-state index contributed by atoms with van der Waals surface area (Å²) in [5.74, 6) is 0.824. The van der Waals surface area contributed by atoms with E-state index in [0.717, 1.165) is 35.0 Å². The molecule has 0 spiro atoms. The summed E-state index contributed by atoms with van der Waals surface area (Å²) in [5, 5.41) is 11.2. The number of aromatic nitrogens is 3. The van der Waals surface area contributed by atoms with Gasteiger partial charge in [-0.2, -0.15) is 0 Å². The molecule has 2 heterocycles. The van der Waals surface area contributed by atoms with Crippen molar-refractivity contribution in [3.05, 3.63) is 47.3 Å². The molecule has 1 fully saturated rings. The van der Waals surface area contributed by atoms with Gasteiger partial charge >= 0.3 is 0 Å². The zero-order valence-corrected chi connectivity index (χ0v) is 18.4. The average molecular weight is 449 g/mol. The predicted molar refractivity (Wildman–Crippen MR) is 116 cm³/mol. The topological polar surface area (TPSA) is 93.9 Å². The molecule has 7 nitrogen and oxygen atoms in total. The number of benzene rings is 1. The minimum absolute atomic E-state index is 0.0380. The Morgan fingerprint density at radius 1 is 1.24 bits per heavy atom. The number of ketones is 1. The number of thioether (sulfide) groups is 1. The van der Waals surface area contributed by atoms with E-state index in [1.165, 1.54) is 11.8 Å². The van der Waals surface area contributed by atoms with Crippen molar-refractivity contribution in [3.8, 4) is 10.7 Å². The molecule has 4 rings (SSSR count). The molecule has 1 aliphatic carbocycles. The Morgan fingerprint density at radius 3 is 2.55 bits per heavy atom. The molecule has 1 aromatic carbocycles. The van der Waals surface area contributed by atoms with Gasteiger partial charge in [0.1, 0.15) is 0 Å². The molecule has 0 aliphatic heterocycles. The zero-order valence-electron chi connectivity index (χ0n) is 15.9. The number of nitrogens with zero attached hydrogens (tertiary/aromatic N) is 3. The number of sulfonamides is 1. The van der Waals surface area contributed by atoms with Gasteiger partial charge in [0.25, 0.3) is 0 Å². The van der Waals surface area contributed by atoms with Crippen LogP contribution in [-0.2, 0) is 10.0 Å². The van der Waals surface area contributed by atoms with E-state index in [0.29, 0.717) is 17.3 Å². The lowest BCUT2D eigenvalue weighted by Gasteiger charge is -2.12. The molecule has 1 aliphatic rings. The van der Waals surface area contributed by atoms with E-state index in [9.17, 15) is 13.2 Å². The smallest absolute Gasteiger partial charge is 0.229 e. The van der Waals surface area contributed by atoms with E-state index in [-0.39, 0.29) is 11.0 Å². The lowest BCUT2D eigenvalue weighted by atomic mass is 10.1. The number of nitrogens with one attached hydrogen (secondary N) is 1. The largest absolute Gasteiger partial charge is 0.298 e. The standard InChI is InChI=1S/C19H20N4O3S3/c1-12(17(24)13-5-7-14(8-6-13)22-29(2,25)26)28-19-21-20-18(16-4-3-11-27-16)23(19)15-9-10-15/h3-8,11-12,15,22H,9-10H2,1-2H3/t12-/m1/s1. The van der Waals surface area contributed by atoms with E-state index in [1.807, 2.05) is 24.4 Å². The summed E-state index contributed by atoms with van der Waals surface area (Å²) in [7, 11) is -3.35. The quantitative estimate of drug-likeness (QED) is 0.412. The van der Waals surface area contributed by atoms with Gasteiger partial charge in [-0.1, -0.05) is 17.8 Å². The van der Waals surface area contributed by atoms with Crippen LogP contribution in [0.2, 0.25) is 0 Å². The first-order chi connectivity index (χ1) is 13.8. The number of carbonyl (C=O) groups excluding carboxylic acids is 1. The molecule has 29 heavy (non-hydrogen) atoms. The highest BCUT2D eigenvalue weighted by Gasteiger charge is 2.31. The molecule has 0 saturated heterocycles. The summed E-state index contributed by atoms with van der Waals surface area (Å²) in [6.07, 6.45) is 3.29. The molecular formula is C19H20N4O3S3. The average Bonchev–Trinajstić information content (AvgIpc) is 3.19. The third-order valence-corrected chi connectivity index (χ3v) is 6.97. The Labute approximate surface area is 177 Å². The predicted octanol–water partition coefficient (Wildman–Crippen LogP) is 4.08. The number of carbonyl (C=O) groups is 1. The minimum Gasteiger partial charge on any atom is -0.298 e. The zero-order chi connectivity index (χ0) is 20.6. The molecular weight excluding hydrogens is 428 g/mol. The second-order valence-electron chi connectivity index (χ2n) is 6.96. The fourth-order valence-electron chi connectivity index (χ4n) is 2.96. The van der Waals surface area contributed by atoms with Gasteiger partial charge in [-0.15, -0.1) is 21.5 Å². The summed E-state index contributed by atoms with van der Waals surface area (Å²) < 4.78 is 27.2. The van der Waals surface area contributed by atoms with Crippen LogP contribution in [0, 0.1) is 0 Å². The molecule has 0 unspecified atom stereocenters. The lowest BCUT2D eigenvalue weighted by molar-refractivity contribution is 0.0994. The number of rotatable bonds is 8. The number of thiophene rings is 1. The Kier molecular flexibility index (Phi) is 5.50. The van der Waals surface area contributed by atoms with E-state index in [2.05, 4.69) is 19.5 Å². The van der Waals surface area contributed by atoms with Crippen LogP contribution in [0.3, 0.4) is 0 Å². The number of anilines is 1. The van der Waals surface area contributed by atoms with Crippen LogP contribution < -0.4 is 4.72 Å². The van der Waals surface area contributed by atoms with Crippen molar-refractivity contribution in [1.29, 1.82) is 0 Å². The number of hydrogen-bond acceptors (Lipinski definition) is 7. The SMILES string of the molecule is C[C@@H](Sc1nnc(-c2cccs2)n1C1CC1)C(=O)c1ccc(NS(C)(=O)=O)cc1. The van der Waals surface area contributed by atoms with Crippen molar-refractivity contribution < 1.29 is 13.2 Å². The molecule has 0 radical (unpaired) electrons. The van der Waals surface area contributed by atoms with E-state index in [4.69, 9.17) is 0 Å². The van der Waals surface area contributed by atoms with Gasteiger partial charge in [-0.25, -0.2) is 8.42 Å². The van der Waals surface area contributed by atoms with Crippen LogP contribution in [-0.4, -0.2) is 40.5 Å². The van der Waals surface area contributed by atoms with Crippen LogP contribution in [0.25, 0.3) is 10.7 Å². The van der Waals surface area contributed by atoms with Gasteiger partial charge in [-0.3, -0.25) is 14.1 Å². The third-order valence-electron chi connectivity index (χ3n) is 4.44. The number of hydrogen-bond donors (Lipinski definition) is 1. The molecule has 152 valence electrons. The Hall–Kier alpha value is -2.17. The van der Waals surface area contributed by atoms with Crippen molar-refractivity contribution in [2.75, 3.05) is 11.0 Å². The van der Waals surface area contributed by atoms with Crippen molar-refractivity contribution in [2.24, 2.45) is 0 Å². The molecule has 2 aromatic heterocycles. The van der Waals surface area contributed by atoms with E-state index < -0.39 is 10.0 Å². The van der Waals surface area contributed by atoms with Crippen molar-refractivity contribution in [1.82, 2.24) is 14.8 Å². The highest BCUT2D eigenvalue weighted by molar-refractivity contribution is 8.00. The van der Waals surface area contributed by atoms with Crippen molar-refractivity contribution in [2.45, 2.75) is 36.2 Å². The Morgan fingerprint density at radius 2 is 1.97 bits per heavy atom. The van der Waals surface area contributed by atoms with Gasteiger partial charge in [0.05, 0.1) is 16.4 Å². The van der Waals surface area contributed by atoms with Crippen LogP contribution >= 0.6 is 23.1 Å². The maximum absolute atomic E-state index is 12.9. The lowest BCUT2D eigenvalue weighted by Crippen LogP contribution is -2.15. The van der Waals surface area contributed by atoms with Crippen LogP contribution in [0.5, 0.6) is 0 Å². The first kappa shape index (κ1) is 20.1. The minimum atomic E-state index is -3.35. The number of Topliss-reactive ketones (excluding diaryl/α,β-unsaturated/α-hetero) is 1. The molecule has 1 saturated carbocycles. The van der Waals surface area contributed by atoms with Gasteiger partial charge in [0.15, 0.2) is 16.8 Å². The summed E-state index contributed by atoms with van der Waals surface area (Å²) in [6.45, 7) is 1.85. The van der Waals surface area contributed by atoms with Gasteiger partial charge in [0.2, 0.25) is 10.0 Å². The summed E-state index contributed by atoms with van der Waals surface area (Å²) in [6, 6.07) is 10.9. The highest BCUT2D eigenvalue weighted by Crippen LogP contribution is 2.42. The molecule has 1 N–H and O–H groups in total. The van der Waals surface area contributed by atoms with Gasteiger partial charge in [0, 0.05) is 17.3 Å². The fraction of sp³-hybridized carbons (Fsp3) is 0.316. The third kappa shape index (κ3) is 4.71. The highest BCUT2D eigenvalue weighted by atomic mass is 32.2. The normalized spacial score (nSPS) is 15.2. The van der Waals surface area contributed by atoms with Crippen LogP contribution in [0.15, 0.2) is 46.9 Å². The molecule has 1 atom stereocenters. The fourth-order valence-corrected chi connectivity index (χ4v) is 5.22. The molecule has 3 aromatic rings. The maximum Gasteiger partial charge on any atom is 0.229 e. The Bertz CT molecular complexity index is 1120. The second-order valence-corrected chi connectivity index (χ2v) is 11.0. The second kappa shape index (κ2) is 7.92. The first-order valence-electron chi connectivity index (χ1n) is 9.09. The summed E-state index contributed by atoms with van der Waals surface area (Å²) in [5.41, 5.74) is 0.957. The maximum atomic E-state index is 12.9. The van der Waals surface area contributed by atoms with Gasteiger partial charge in [-0.05, 0) is 55.5 Å². The van der Waals surface area contributed by atoms with Crippen LogP contribution in [0.4, 0.5) is 5.69 Å². The summed E-state index contributed by atoms with van der Waals surface area (Å²) >= 11 is 3.03. The molecule has 0 bridgehead atoms. The molecule has 0 amide bonds. The van der Waals surface area contributed by atoms with Crippen LogP contribution in [0.1, 0.15) is 36.2 Å². The summed E-state index contributed by atoms with van der Waals surface area (Å²) in [4.78, 5) is 13.9. The van der Waals surface area contributed by atoms with Crippen molar-refractivity contribution >= 4 is 44.6 Å². The monoisotopic (exact) mass is 448 g/mol. The first-order valence-corrected chi connectivity index (χ1v) is 12.7. The Balaban J connectivity index is 1.51. The van der Waals surface area contributed by atoms with Gasteiger partial charge < -0.3 is 0 Å². The molecule has 10 heteroatoms. The van der Waals surface area contributed by atoms with E-state index in [1.54, 1.807) is 35.6 Å². The van der Waals surface area contributed by atoms with Crippen molar-refractivity contribution in [3.63, 3.8) is 0 Å².